The third-order valence-corrected chi connectivity index (χ3v) is 5.87. The molecule has 2 heterocycles. The zero-order valence-corrected chi connectivity index (χ0v) is 14.1. The Hall–Kier alpha value is -1.66. The number of H-pyrrole nitrogens is 1. The Morgan fingerprint density at radius 3 is 2.91 bits per heavy atom. The maximum Gasteiger partial charge on any atom is 0.260 e. The second-order valence-corrected chi connectivity index (χ2v) is 7.41. The van der Waals surface area contributed by atoms with Crippen LogP contribution in [0.5, 0.6) is 5.75 Å². The summed E-state index contributed by atoms with van der Waals surface area (Å²) in [6.45, 7) is 0. The zero-order valence-electron chi connectivity index (χ0n) is 11.6. The van der Waals surface area contributed by atoms with Gasteiger partial charge in [0.15, 0.2) is 0 Å². The van der Waals surface area contributed by atoms with Gasteiger partial charge in [-0.25, -0.2) is 4.98 Å². The van der Waals surface area contributed by atoms with Crippen LogP contribution in [-0.2, 0) is 12.8 Å². The molecular weight excluding hydrogens is 364 g/mol. The summed E-state index contributed by atoms with van der Waals surface area (Å²) in [6.07, 6.45) is 4.36. The van der Waals surface area contributed by atoms with Crippen molar-refractivity contribution in [1.29, 1.82) is 0 Å². The van der Waals surface area contributed by atoms with Crippen molar-refractivity contribution in [2.45, 2.75) is 25.7 Å². The van der Waals surface area contributed by atoms with E-state index in [-0.39, 0.29) is 11.3 Å². The number of aromatic amines is 1. The zero-order chi connectivity index (χ0) is 15.3. The maximum absolute atomic E-state index is 12.5. The Morgan fingerprint density at radius 1 is 1.27 bits per heavy atom. The molecule has 4 nitrogen and oxygen atoms in total. The fraction of sp³-hybridized carbons (Fsp3) is 0.250. The average Bonchev–Trinajstić information content (AvgIpc) is 2.88. The summed E-state index contributed by atoms with van der Waals surface area (Å²) in [6, 6.07) is 5.09. The Bertz CT molecular complexity index is 945. The Labute approximate surface area is 139 Å². The molecule has 2 N–H and O–H groups in total. The van der Waals surface area contributed by atoms with Crippen LogP contribution >= 0.6 is 27.3 Å². The summed E-state index contributed by atoms with van der Waals surface area (Å²) in [4.78, 5) is 22.2. The summed E-state index contributed by atoms with van der Waals surface area (Å²) < 4.78 is 0.582. The molecule has 0 aliphatic heterocycles. The van der Waals surface area contributed by atoms with Gasteiger partial charge in [-0.1, -0.05) is 0 Å². The predicted octanol–water partition coefficient (Wildman–Crippen LogP) is 4.00. The van der Waals surface area contributed by atoms with E-state index >= 15 is 0 Å². The van der Waals surface area contributed by atoms with Crippen molar-refractivity contribution in [3.8, 4) is 17.1 Å². The van der Waals surface area contributed by atoms with Crippen LogP contribution in [0.4, 0.5) is 0 Å². The molecule has 0 radical (unpaired) electrons. The number of nitrogens with one attached hydrogen (secondary N) is 1. The molecule has 22 heavy (non-hydrogen) atoms. The van der Waals surface area contributed by atoms with Crippen LogP contribution in [0.1, 0.15) is 23.3 Å². The van der Waals surface area contributed by atoms with E-state index in [2.05, 4.69) is 25.9 Å². The normalized spacial score (nSPS) is 14.2. The number of aromatic hydroxyl groups is 1. The highest BCUT2D eigenvalue weighted by molar-refractivity contribution is 9.10. The summed E-state index contributed by atoms with van der Waals surface area (Å²) in [5.74, 6) is 0.704. The molecule has 0 bridgehead atoms. The van der Waals surface area contributed by atoms with Crippen LogP contribution in [0.25, 0.3) is 21.6 Å². The first kappa shape index (κ1) is 14.0. The molecule has 1 aliphatic rings. The van der Waals surface area contributed by atoms with E-state index in [1.165, 1.54) is 16.9 Å². The number of aromatic nitrogens is 2. The number of thiophene rings is 1. The number of halogens is 1. The first-order valence-corrected chi connectivity index (χ1v) is 8.78. The number of aryl methyl sites for hydroxylation is 2. The molecule has 1 aliphatic carbocycles. The van der Waals surface area contributed by atoms with Crippen LogP contribution < -0.4 is 5.56 Å². The predicted molar refractivity (Wildman–Crippen MR) is 91.7 cm³/mol. The monoisotopic (exact) mass is 376 g/mol. The summed E-state index contributed by atoms with van der Waals surface area (Å²) >= 11 is 4.93. The molecule has 0 saturated carbocycles. The third kappa shape index (κ3) is 2.18. The topological polar surface area (TPSA) is 66.0 Å². The molecule has 3 aromatic rings. The molecule has 0 atom stereocenters. The number of benzene rings is 1. The lowest BCUT2D eigenvalue weighted by Gasteiger charge is -2.09. The van der Waals surface area contributed by atoms with E-state index in [0.29, 0.717) is 10.3 Å². The number of fused-ring (bicyclic) bond motifs is 3. The van der Waals surface area contributed by atoms with Crippen molar-refractivity contribution in [3.63, 3.8) is 0 Å². The van der Waals surface area contributed by atoms with E-state index < -0.39 is 0 Å². The standard InChI is InChI=1S/C16H13BrN2O2S/c17-10-7-8(5-6-11(10)20)14-18-15(21)13-9-3-1-2-4-12(9)22-16(13)19-14/h5-7,20H,1-4H2,(H,18,19,21). The van der Waals surface area contributed by atoms with Crippen molar-refractivity contribution in [2.24, 2.45) is 0 Å². The number of phenols is 1. The van der Waals surface area contributed by atoms with Crippen LogP contribution in [-0.4, -0.2) is 15.1 Å². The van der Waals surface area contributed by atoms with Crippen molar-refractivity contribution in [1.82, 2.24) is 9.97 Å². The second-order valence-electron chi connectivity index (χ2n) is 5.47. The Balaban J connectivity index is 1.93. The van der Waals surface area contributed by atoms with Crippen molar-refractivity contribution in [2.75, 3.05) is 0 Å². The molecule has 0 spiro atoms. The number of rotatable bonds is 1. The fourth-order valence-electron chi connectivity index (χ4n) is 2.95. The lowest BCUT2D eigenvalue weighted by atomic mass is 9.97. The van der Waals surface area contributed by atoms with Gasteiger partial charge in [0, 0.05) is 10.4 Å². The highest BCUT2D eigenvalue weighted by Crippen LogP contribution is 2.35. The highest BCUT2D eigenvalue weighted by Gasteiger charge is 2.20. The van der Waals surface area contributed by atoms with E-state index in [0.717, 1.165) is 35.0 Å². The van der Waals surface area contributed by atoms with Gasteiger partial charge in [0.2, 0.25) is 0 Å². The molecule has 0 unspecified atom stereocenters. The SMILES string of the molecule is O=c1[nH]c(-c2ccc(O)c(Br)c2)nc2sc3c(c12)CCCC3. The van der Waals surface area contributed by atoms with Gasteiger partial charge in [0.05, 0.1) is 9.86 Å². The van der Waals surface area contributed by atoms with E-state index in [1.54, 1.807) is 29.5 Å². The molecule has 6 heteroatoms. The minimum absolute atomic E-state index is 0.0661. The van der Waals surface area contributed by atoms with Crippen molar-refractivity contribution < 1.29 is 5.11 Å². The van der Waals surface area contributed by atoms with Crippen molar-refractivity contribution >= 4 is 37.5 Å². The lowest BCUT2D eigenvalue weighted by molar-refractivity contribution is 0.472. The number of hydrogen-bond donors (Lipinski definition) is 2. The molecule has 0 saturated heterocycles. The maximum atomic E-state index is 12.5. The quantitative estimate of drug-likeness (QED) is 0.674. The molecule has 0 amide bonds. The summed E-state index contributed by atoms with van der Waals surface area (Å²) in [5, 5.41) is 10.4. The Kier molecular flexibility index (Phi) is 3.31. The van der Waals surface area contributed by atoms with Crippen LogP contribution in [0.3, 0.4) is 0 Å². The van der Waals surface area contributed by atoms with Gasteiger partial charge < -0.3 is 10.1 Å². The minimum atomic E-state index is -0.0661. The fourth-order valence-corrected chi connectivity index (χ4v) is 4.60. The van der Waals surface area contributed by atoms with Gasteiger partial charge in [-0.05, 0) is 65.4 Å². The second kappa shape index (κ2) is 5.21. The van der Waals surface area contributed by atoms with Crippen LogP contribution in [0.15, 0.2) is 27.5 Å². The van der Waals surface area contributed by atoms with E-state index in [4.69, 9.17) is 0 Å². The lowest BCUT2D eigenvalue weighted by Crippen LogP contribution is -2.11. The molecule has 0 fully saturated rings. The largest absolute Gasteiger partial charge is 0.507 e. The summed E-state index contributed by atoms with van der Waals surface area (Å²) in [7, 11) is 0. The van der Waals surface area contributed by atoms with Gasteiger partial charge >= 0.3 is 0 Å². The van der Waals surface area contributed by atoms with Crippen LogP contribution in [0, 0.1) is 0 Å². The number of nitrogens with zero attached hydrogens (tertiary/aromatic N) is 1. The molecule has 4 rings (SSSR count). The molecule has 1 aromatic carbocycles. The van der Waals surface area contributed by atoms with E-state index in [1.807, 2.05) is 0 Å². The van der Waals surface area contributed by atoms with Gasteiger partial charge in [-0.15, -0.1) is 11.3 Å². The first-order chi connectivity index (χ1) is 10.6. The molecule has 2 aromatic heterocycles. The van der Waals surface area contributed by atoms with E-state index in [9.17, 15) is 9.90 Å². The average molecular weight is 377 g/mol. The Morgan fingerprint density at radius 2 is 2.09 bits per heavy atom. The first-order valence-electron chi connectivity index (χ1n) is 7.17. The van der Waals surface area contributed by atoms with Crippen molar-refractivity contribution in [3.05, 3.63) is 43.5 Å². The van der Waals surface area contributed by atoms with Gasteiger partial charge in [-0.3, -0.25) is 4.79 Å². The van der Waals surface area contributed by atoms with Crippen LogP contribution in [0.2, 0.25) is 0 Å². The smallest absolute Gasteiger partial charge is 0.260 e. The summed E-state index contributed by atoms with van der Waals surface area (Å²) in [5.41, 5.74) is 1.90. The number of phenolic OH excluding ortho intramolecular Hbond substituents is 1. The molecule has 112 valence electrons. The third-order valence-electron chi connectivity index (χ3n) is 4.05. The number of hydrogen-bond acceptors (Lipinski definition) is 4. The van der Waals surface area contributed by atoms with Gasteiger partial charge in [0.25, 0.3) is 5.56 Å². The highest BCUT2D eigenvalue weighted by atomic mass is 79.9. The minimum Gasteiger partial charge on any atom is -0.507 e. The van der Waals surface area contributed by atoms with Gasteiger partial charge in [0.1, 0.15) is 16.4 Å². The molecular formula is C16H13BrN2O2S. The van der Waals surface area contributed by atoms with Gasteiger partial charge in [-0.2, -0.15) is 0 Å².